The average molecular weight is 198 g/mol. The van der Waals surface area contributed by atoms with E-state index in [0.29, 0.717) is 12.5 Å². The van der Waals surface area contributed by atoms with Gasteiger partial charge in [-0.3, -0.25) is 4.79 Å². The summed E-state index contributed by atoms with van der Waals surface area (Å²) in [5, 5.41) is 0. The van der Waals surface area contributed by atoms with Crippen molar-refractivity contribution in [2.75, 3.05) is 7.05 Å². The molecular weight excluding hydrogens is 176 g/mol. The number of nitrogens with zero attached hydrogens (tertiary/aromatic N) is 1. The van der Waals surface area contributed by atoms with Crippen LogP contribution in [0.1, 0.15) is 40.0 Å². The van der Waals surface area contributed by atoms with Crippen molar-refractivity contribution >= 4 is 5.91 Å². The number of carbonyl (C=O) groups excluding carboxylic acids is 1. The smallest absolute Gasteiger partial charge is 0.224 e. The lowest BCUT2D eigenvalue weighted by atomic mass is 9.85. The van der Waals surface area contributed by atoms with Crippen LogP contribution in [0.3, 0.4) is 0 Å². The molecule has 14 heavy (non-hydrogen) atoms. The summed E-state index contributed by atoms with van der Waals surface area (Å²) < 4.78 is 0. The highest BCUT2D eigenvalue weighted by Crippen LogP contribution is 2.27. The average Bonchev–Trinajstić information content (AvgIpc) is 2.83. The van der Waals surface area contributed by atoms with Crippen LogP contribution in [0.5, 0.6) is 0 Å². The van der Waals surface area contributed by atoms with Crippen LogP contribution in [-0.2, 0) is 4.79 Å². The van der Waals surface area contributed by atoms with E-state index in [1.165, 1.54) is 0 Å². The molecule has 0 aliphatic heterocycles. The van der Waals surface area contributed by atoms with Crippen LogP contribution >= 0.6 is 0 Å². The van der Waals surface area contributed by atoms with Gasteiger partial charge in [-0.05, 0) is 18.3 Å². The predicted octanol–water partition coefficient (Wildman–Crippen LogP) is 1.37. The molecule has 0 saturated heterocycles. The largest absolute Gasteiger partial charge is 0.343 e. The Morgan fingerprint density at radius 3 is 2.36 bits per heavy atom. The SMILES string of the molecule is CN(C(=O)CC(N)C(C)(C)C)C1CC1. The Morgan fingerprint density at radius 2 is 2.00 bits per heavy atom. The van der Waals surface area contributed by atoms with Crippen molar-refractivity contribution in [2.24, 2.45) is 11.1 Å². The molecule has 1 aliphatic rings. The Bertz CT molecular complexity index is 216. The number of hydrogen-bond donors (Lipinski definition) is 1. The van der Waals surface area contributed by atoms with Gasteiger partial charge in [0.2, 0.25) is 5.91 Å². The van der Waals surface area contributed by atoms with Gasteiger partial charge in [0, 0.05) is 25.6 Å². The van der Waals surface area contributed by atoms with Gasteiger partial charge in [-0.1, -0.05) is 20.8 Å². The second-order valence-electron chi connectivity index (χ2n) is 5.41. The van der Waals surface area contributed by atoms with Crippen molar-refractivity contribution < 1.29 is 4.79 Å². The zero-order valence-electron chi connectivity index (χ0n) is 9.71. The van der Waals surface area contributed by atoms with Crippen LogP contribution in [0.25, 0.3) is 0 Å². The van der Waals surface area contributed by atoms with Gasteiger partial charge in [0.1, 0.15) is 0 Å². The van der Waals surface area contributed by atoms with E-state index in [4.69, 9.17) is 5.73 Å². The third kappa shape index (κ3) is 2.98. The summed E-state index contributed by atoms with van der Waals surface area (Å²) >= 11 is 0. The number of rotatable bonds is 3. The summed E-state index contributed by atoms with van der Waals surface area (Å²) in [7, 11) is 1.88. The fourth-order valence-corrected chi connectivity index (χ4v) is 1.30. The monoisotopic (exact) mass is 198 g/mol. The number of amides is 1. The predicted molar refractivity (Wildman–Crippen MR) is 57.8 cm³/mol. The summed E-state index contributed by atoms with van der Waals surface area (Å²) in [6, 6.07) is 0.450. The third-order valence-corrected chi connectivity index (χ3v) is 2.99. The minimum Gasteiger partial charge on any atom is -0.343 e. The quantitative estimate of drug-likeness (QED) is 0.744. The maximum absolute atomic E-state index is 11.7. The molecule has 0 heterocycles. The molecule has 0 radical (unpaired) electrons. The molecule has 1 fully saturated rings. The molecule has 82 valence electrons. The van der Waals surface area contributed by atoms with E-state index in [0.717, 1.165) is 12.8 Å². The topological polar surface area (TPSA) is 46.3 Å². The van der Waals surface area contributed by atoms with Crippen LogP contribution in [0.15, 0.2) is 0 Å². The van der Waals surface area contributed by atoms with Gasteiger partial charge in [-0.15, -0.1) is 0 Å². The highest BCUT2D eigenvalue weighted by Gasteiger charge is 2.31. The van der Waals surface area contributed by atoms with E-state index in [2.05, 4.69) is 20.8 Å². The lowest BCUT2D eigenvalue weighted by Crippen LogP contribution is -2.41. The minimum absolute atomic E-state index is 0.0139. The van der Waals surface area contributed by atoms with Gasteiger partial charge in [-0.25, -0.2) is 0 Å². The molecule has 3 heteroatoms. The molecule has 3 nitrogen and oxygen atoms in total. The van der Waals surface area contributed by atoms with Crippen molar-refractivity contribution in [3.63, 3.8) is 0 Å². The lowest BCUT2D eigenvalue weighted by molar-refractivity contribution is -0.131. The molecule has 1 saturated carbocycles. The minimum atomic E-state index is -0.0452. The normalized spacial score (nSPS) is 19.2. The molecular formula is C11H22N2O. The maximum Gasteiger partial charge on any atom is 0.224 e. The first-order chi connectivity index (χ1) is 6.32. The van der Waals surface area contributed by atoms with Gasteiger partial charge in [0.25, 0.3) is 0 Å². The molecule has 1 amide bonds. The standard InChI is InChI=1S/C11H22N2O/c1-11(2,3)9(12)7-10(14)13(4)8-5-6-8/h8-9H,5-7,12H2,1-4H3. The second kappa shape index (κ2) is 3.89. The first kappa shape index (κ1) is 11.5. The molecule has 2 N–H and O–H groups in total. The third-order valence-electron chi connectivity index (χ3n) is 2.99. The van der Waals surface area contributed by atoms with E-state index < -0.39 is 0 Å². The van der Waals surface area contributed by atoms with E-state index in [1.807, 2.05) is 11.9 Å². The summed E-state index contributed by atoms with van der Waals surface area (Å²) in [4.78, 5) is 13.6. The fraction of sp³-hybridized carbons (Fsp3) is 0.909. The number of carbonyl (C=O) groups is 1. The van der Waals surface area contributed by atoms with Crippen LogP contribution in [0.2, 0.25) is 0 Å². The molecule has 0 aromatic heterocycles. The van der Waals surface area contributed by atoms with Crippen molar-refractivity contribution in [3.8, 4) is 0 Å². The number of hydrogen-bond acceptors (Lipinski definition) is 2. The second-order valence-corrected chi connectivity index (χ2v) is 5.41. The highest BCUT2D eigenvalue weighted by atomic mass is 16.2. The maximum atomic E-state index is 11.7. The molecule has 1 rings (SSSR count). The van der Waals surface area contributed by atoms with Gasteiger partial charge < -0.3 is 10.6 Å². The Kier molecular flexibility index (Phi) is 3.20. The number of nitrogens with two attached hydrogens (primary N) is 1. The summed E-state index contributed by atoms with van der Waals surface area (Å²) in [5.74, 6) is 0.190. The van der Waals surface area contributed by atoms with Gasteiger partial charge in [0.15, 0.2) is 0 Å². The summed E-state index contributed by atoms with van der Waals surface area (Å²) in [6.07, 6.45) is 2.79. The fourth-order valence-electron chi connectivity index (χ4n) is 1.30. The van der Waals surface area contributed by atoms with Crippen molar-refractivity contribution in [1.82, 2.24) is 4.90 Å². The highest BCUT2D eigenvalue weighted by molar-refractivity contribution is 5.77. The van der Waals surface area contributed by atoms with Crippen LogP contribution in [0.4, 0.5) is 0 Å². The van der Waals surface area contributed by atoms with Crippen molar-refractivity contribution in [3.05, 3.63) is 0 Å². The van der Waals surface area contributed by atoms with E-state index in [9.17, 15) is 4.79 Å². The van der Waals surface area contributed by atoms with E-state index in [1.54, 1.807) is 0 Å². The Balaban J connectivity index is 2.39. The first-order valence-electron chi connectivity index (χ1n) is 5.33. The van der Waals surface area contributed by atoms with Gasteiger partial charge in [0.05, 0.1) is 0 Å². The van der Waals surface area contributed by atoms with Crippen LogP contribution in [-0.4, -0.2) is 29.9 Å². The molecule has 0 aromatic rings. The van der Waals surface area contributed by atoms with Crippen LogP contribution in [0, 0.1) is 5.41 Å². The molecule has 0 aromatic carbocycles. The summed E-state index contributed by atoms with van der Waals surface area (Å²) in [6.45, 7) is 6.21. The van der Waals surface area contributed by atoms with Gasteiger partial charge in [-0.2, -0.15) is 0 Å². The Labute approximate surface area is 86.6 Å². The molecule has 1 unspecified atom stereocenters. The molecule has 1 aliphatic carbocycles. The molecule has 0 bridgehead atoms. The Morgan fingerprint density at radius 1 is 1.50 bits per heavy atom. The zero-order chi connectivity index (χ0) is 10.9. The molecule has 1 atom stereocenters. The van der Waals surface area contributed by atoms with Crippen molar-refractivity contribution in [2.45, 2.75) is 52.1 Å². The zero-order valence-corrected chi connectivity index (χ0v) is 9.71. The van der Waals surface area contributed by atoms with E-state index >= 15 is 0 Å². The molecule has 0 spiro atoms. The first-order valence-corrected chi connectivity index (χ1v) is 5.33. The van der Waals surface area contributed by atoms with Gasteiger partial charge >= 0.3 is 0 Å². The van der Waals surface area contributed by atoms with E-state index in [-0.39, 0.29) is 17.4 Å². The van der Waals surface area contributed by atoms with Crippen LogP contribution < -0.4 is 5.73 Å². The lowest BCUT2D eigenvalue weighted by Gasteiger charge is -2.28. The summed E-state index contributed by atoms with van der Waals surface area (Å²) in [5.41, 5.74) is 5.98. The van der Waals surface area contributed by atoms with Crippen molar-refractivity contribution in [1.29, 1.82) is 0 Å². The Hall–Kier alpha value is -0.570.